The van der Waals surface area contributed by atoms with Gasteiger partial charge in [-0.2, -0.15) is 5.26 Å². The van der Waals surface area contributed by atoms with Gasteiger partial charge in [-0.25, -0.2) is 14.8 Å². The zero-order valence-electron chi connectivity index (χ0n) is 13.8. The molecule has 1 aliphatic heterocycles. The second-order valence-corrected chi connectivity index (χ2v) is 5.48. The molecule has 25 heavy (non-hydrogen) atoms. The highest BCUT2D eigenvalue weighted by atomic mass is 16.5. The van der Waals surface area contributed by atoms with Gasteiger partial charge in [0.2, 0.25) is 5.88 Å². The number of amides is 2. The number of hydrogen-bond acceptors (Lipinski definition) is 6. The van der Waals surface area contributed by atoms with Crippen LogP contribution < -0.4 is 15.0 Å². The summed E-state index contributed by atoms with van der Waals surface area (Å²) in [4.78, 5) is 24.6. The van der Waals surface area contributed by atoms with E-state index in [0.717, 1.165) is 5.82 Å². The van der Waals surface area contributed by atoms with Gasteiger partial charge >= 0.3 is 6.03 Å². The van der Waals surface area contributed by atoms with Crippen molar-refractivity contribution in [1.29, 1.82) is 5.26 Å². The maximum absolute atomic E-state index is 12.4. The molecule has 0 radical (unpaired) electrons. The Hall–Kier alpha value is -3.34. The molecule has 1 aliphatic rings. The number of piperazine rings is 1. The van der Waals surface area contributed by atoms with Gasteiger partial charge in [0.05, 0.1) is 18.7 Å². The Bertz CT molecular complexity index is 796. The van der Waals surface area contributed by atoms with E-state index in [4.69, 9.17) is 10.00 Å². The van der Waals surface area contributed by atoms with Crippen LogP contribution in [0.25, 0.3) is 0 Å². The smallest absolute Gasteiger partial charge is 0.322 e. The highest BCUT2D eigenvalue weighted by molar-refractivity contribution is 5.90. The molecule has 0 bridgehead atoms. The van der Waals surface area contributed by atoms with E-state index in [2.05, 4.69) is 26.3 Å². The van der Waals surface area contributed by atoms with E-state index in [9.17, 15) is 4.79 Å². The predicted octanol–water partition coefficient (Wildman–Crippen LogP) is 1.71. The molecule has 0 saturated carbocycles. The summed E-state index contributed by atoms with van der Waals surface area (Å²) in [5.74, 6) is 1.14. The number of ether oxygens (including phenoxy) is 1. The van der Waals surface area contributed by atoms with E-state index < -0.39 is 0 Å². The van der Waals surface area contributed by atoms with Crippen LogP contribution in [-0.4, -0.2) is 54.2 Å². The van der Waals surface area contributed by atoms with Gasteiger partial charge in [-0.05, 0) is 24.3 Å². The van der Waals surface area contributed by atoms with Gasteiger partial charge in [-0.1, -0.05) is 0 Å². The van der Waals surface area contributed by atoms with Crippen LogP contribution in [0.4, 0.5) is 16.3 Å². The molecule has 1 N–H and O–H groups in total. The molecule has 0 spiro atoms. The number of nitrogens with zero attached hydrogens (tertiary/aromatic N) is 5. The number of nitriles is 1. The number of urea groups is 1. The zero-order chi connectivity index (χ0) is 17.6. The van der Waals surface area contributed by atoms with Crippen LogP contribution in [0, 0.1) is 11.3 Å². The van der Waals surface area contributed by atoms with Crippen molar-refractivity contribution in [2.75, 3.05) is 43.5 Å². The maximum atomic E-state index is 12.4. The van der Waals surface area contributed by atoms with Crippen molar-refractivity contribution >= 4 is 17.5 Å². The third-order valence-corrected chi connectivity index (χ3v) is 3.97. The number of nitrogens with one attached hydrogen (secondary N) is 1. The van der Waals surface area contributed by atoms with Crippen molar-refractivity contribution in [2.45, 2.75) is 0 Å². The van der Waals surface area contributed by atoms with Crippen molar-refractivity contribution in [3.63, 3.8) is 0 Å². The quantitative estimate of drug-likeness (QED) is 0.915. The summed E-state index contributed by atoms with van der Waals surface area (Å²) < 4.78 is 5.14. The average molecular weight is 338 g/mol. The molecule has 0 aliphatic carbocycles. The molecule has 0 aromatic carbocycles. The molecule has 2 amide bonds. The first-order valence-corrected chi connectivity index (χ1v) is 7.87. The third kappa shape index (κ3) is 3.77. The molecule has 2 aromatic heterocycles. The number of hydrogen-bond donors (Lipinski definition) is 1. The molecule has 8 nitrogen and oxygen atoms in total. The van der Waals surface area contributed by atoms with Crippen LogP contribution in [0.2, 0.25) is 0 Å². The van der Waals surface area contributed by atoms with E-state index in [-0.39, 0.29) is 6.03 Å². The first-order valence-electron chi connectivity index (χ1n) is 7.87. The summed E-state index contributed by atoms with van der Waals surface area (Å²) in [5, 5.41) is 11.8. The molecular weight excluding hydrogens is 320 g/mol. The van der Waals surface area contributed by atoms with Crippen LogP contribution in [0.1, 0.15) is 5.56 Å². The van der Waals surface area contributed by atoms with Gasteiger partial charge in [-0.3, -0.25) is 0 Å². The standard InChI is InChI=1S/C17H18N6O2/c1-25-16-14(3-2-5-20-16)21-17(24)23-9-7-22(8-10-23)15-11-13(12-18)4-6-19-15/h2-6,11H,7-10H2,1H3,(H,21,24). The zero-order valence-corrected chi connectivity index (χ0v) is 13.8. The Morgan fingerprint density at radius 2 is 2.04 bits per heavy atom. The van der Waals surface area contributed by atoms with Crippen LogP contribution in [0.15, 0.2) is 36.7 Å². The number of carbonyl (C=O) groups excluding carboxylic acids is 1. The van der Waals surface area contributed by atoms with E-state index in [1.807, 2.05) is 0 Å². The van der Waals surface area contributed by atoms with E-state index in [0.29, 0.717) is 43.3 Å². The summed E-state index contributed by atoms with van der Waals surface area (Å²) in [6, 6.07) is 8.85. The molecule has 1 saturated heterocycles. The van der Waals surface area contributed by atoms with Gasteiger partial charge in [0, 0.05) is 38.6 Å². The van der Waals surface area contributed by atoms with E-state index in [1.54, 1.807) is 41.6 Å². The molecule has 2 aromatic rings. The maximum Gasteiger partial charge on any atom is 0.322 e. The first kappa shape index (κ1) is 16.5. The lowest BCUT2D eigenvalue weighted by molar-refractivity contribution is 0.208. The van der Waals surface area contributed by atoms with Gasteiger partial charge in [0.15, 0.2) is 0 Å². The molecule has 8 heteroatoms. The Morgan fingerprint density at radius 1 is 1.24 bits per heavy atom. The topological polar surface area (TPSA) is 94.4 Å². The fourth-order valence-electron chi connectivity index (χ4n) is 2.64. The van der Waals surface area contributed by atoms with Crippen molar-refractivity contribution < 1.29 is 9.53 Å². The van der Waals surface area contributed by atoms with E-state index >= 15 is 0 Å². The molecule has 1 fully saturated rings. The largest absolute Gasteiger partial charge is 0.480 e. The minimum Gasteiger partial charge on any atom is -0.480 e. The Labute approximate surface area is 145 Å². The lowest BCUT2D eigenvalue weighted by Crippen LogP contribution is -2.50. The van der Waals surface area contributed by atoms with Crippen molar-refractivity contribution in [2.24, 2.45) is 0 Å². The predicted molar refractivity (Wildman–Crippen MR) is 92.5 cm³/mol. The number of methoxy groups -OCH3 is 1. The van der Waals surface area contributed by atoms with Gasteiger partial charge in [0.25, 0.3) is 0 Å². The molecule has 128 valence electrons. The Morgan fingerprint density at radius 3 is 2.76 bits per heavy atom. The summed E-state index contributed by atoms with van der Waals surface area (Å²) in [6.07, 6.45) is 3.23. The number of anilines is 2. The SMILES string of the molecule is COc1ncccc1NC(=O)N1CCN(c2cc(C#N)ccn2)CC1. The number of pyridine rings is 2. The highest BCUT2D eigenvalue weighted by Gasteiger charge is 2.22. The summed E-state index contributed by atoms with van der Waals surface area (Å²) >= 11 is 0. The first-order chi connectivity index (χ1) is 12.2. The Balaban J connectivity index is 1.60. The molecule has 3 rings (SSSR count). The highest BCUT2D eigenvalue weighted by Crippen LogP contribution is 2.21. The fraction of sp³-hybridized carbons (Fsp3) is 0.294. The Kier molecular flexibility index (Phi) is 4.95. The molecule has 3 heterocycles. The van der Waals surface area contributed by atoms with Gasteiger partial charge in [0.1, 0.15) is 11.5 Å². The monoisotopic (exact) mass is 338 g/mol. The fourth-order valence-corrected chi connectivity index (χ4v) is 2.64. The third-order valence-electron chi connectivity index (χ3n) is 3.97. The lowest BCUT2D eigenvalue weighted by Gasteiger charge is -2.35. The van der Waals surface area contributed by atoms with Crippen LogP contribution in [0.3, 0.4) is 0 Å². The van der Waals surface area contributed by atoms with Crippen LogP contribution in [0.5, 0.6) is 5.88 Å². The average Bonchev–Trinajstić information content (AvgIpc) is 2.68. The van der Waals surface area contributed by atoms with Crippen LogP contribution >= 0.6 is 0 Å². The minimum atomic E-state index is -0.190. The molecule has 0 atom stereocenters. The van der Waals surface area contributed by atoms with Crippen molar-refractivity contribution in [1.82, 2.24) is 14.9 Å². The lowest BCUT2D eigenvalue weighted by atomic mass is 10.2. The van der Waals surface area contributed by atoms with Crippen molar-refractivity contribution in [3.8, 4) is 11.9 Å². The number of rotatable bonds is 3. The van der Waals surface area contributed by atoms with Crippen LogP contribution in [-0.2, 0) is 0 Å². The number of aromatic nitrogens is 2. The number of carbonyl (C=O) groups is 1. The normalized spacial score (nSPS) is 13.9. The minimum absolute atomic E-state index is 0.190. The second-order valence-electron chi connectivity index (χ2n) is 5.48. The summed E-state index contributed by atoms with van der Waals surface area (Å²) in [5.41, 5.74) is 1.12. The van der Waals surface area contributed by atoms with Crippen molar-refractivity contribution in [3.05, 3.63) is 42.2 Å². The van der Waals surface area contributed by atoms with Gasteiger partial charge < -0.3 is 19.9 Å². The molecule has 0 unspecified atom stereocenters. The van der Waals surface area contributed by atoms with Gasteiger partial charge in [-0.15, -0.1) is 0 Å². The molecular formula is C17H18N6O2. The second kappa shape index (κ2) is 7.49. The summed E-state index contributed by atoms with van der Waals surface area (Å²) in [7, 11) is 1.51. The van der Waals surface area contributed by atoms with E-state index in [1.165, 1.54) is 7.11 Å². The summed E-state index contributed by atoms with van der Waals surface area (Å²) in [6.45, 7) is 2.43.